The molecule has 0 unspecified atom stereocenters. The number of aryl methyl sites for hydroxylation is 1. The van der Waals surface area contributed by atoms with E-state index >= 15 is 0 Å². The maximum absolute atomic E-state index is 10.9. The molecule has 2 heterocycles. The normalized spacial score (nSPS) is 10.8. The summed E-state index contributed by atoms with van der Waals surface area (Å²) in [7, 11) is 0. The lowest BCUT2D eigenvalue weighted by Crippen LogP contribution is -2.03. The molecule has 20 heavy (non-hydrogen) atoms. The van der Waals surface area contributed by atoms with Crippen molar-refractivity contribution in [2.45, 2.75) is 13.5 Å². The Morgan fingerprint density at radius 2 is 2.10 bits per heavy atom. The predicted molar refractivity (Wildman–Crippen MR) is 77.0 cm³/mol. The van der Waals surface area contributed by atoms with E-state index in [4.69, 9.17) is 5.11 Å². The highest BCUT2D eigenvalue weighted by Crippen LogP contribution is 2.18. The quantitative estimate of drug-likeness (QED) is 0.792. The maximum atomic E-state index is 10.9. The third-order valence-electron chi connectivity index (χ3n) is 3.32. The van der Waals surface area contributed by atoms with Gasteiger partial charge in [0.15, 0.2) is 0 Å². The van der Waals surface area contributed by atoms with Crippen LogP contribution in [0, 0.1) is 6.92 Å². The third kappa shape index (κ3) is 2.28. The molecule has 0 atom stereocenters. The number of hydrogen-bond acceptors (Lipinski definition) is 2. The van der Waals surface area contributed by atoms with Crippen LogP contribution >= 0.6 is 0 Å². The molecule has 0 bridgehead atoms. The SMILES string of the molecule is Cc1ccc2c(ccn2Cc2ccnc(C(=O)O)c2)c1. The molecule has 0 saturated heterocycles. The zero-order valence-corrected chi connectivity index (χ0v) is 11.1. The summed E-state index contributed by atoms with van der Waals surface area (Å²) in [5.74, 6) is -1.00. The van der Waals surface area contributed by atoms with Crippen molar-refractivity contribution in [1.29, 1.82) is 0 Å². The van der Waals surface area contributed by atoms with Gasteiger partial charge in [-0.2, -0.15) is 0 Å². The zero-order chi connectivity index (χ0) is 14.1. The second-order valence-corrected chi connectivity index (χ2v) is 4.86. The Morgan fingerprint density at radius 3 is 2.90 bits per heavy atom. The number of aromatic nitrogens is 2. The van der Waals surface area contributed by atoms with Gasteiger partial charge >= 0.3 is 5.97 Å². The van der Waals surface area contributed by atoms with Crippen LogP contribution in [0.25, 0.3) is 10.9 Å². The van der Waals surface area contributed by atoms with Gasteiger partial charge in [0.25, 0.3) is 0 Å². The minimum Gasteiger partial charge on any atom is -0.477 e. The van der Waals surface area contributed by atoms with Gasteiger partial charge in [-0.05, 0) is 48.2 Å². The van der Waals surface area contributed by atoms with Crippen LogP contribution in [0.5, 0.6) is 0 Å². The second-order valence-electron chi connectivity index (χ2n) is 4.86. The summed E-state index contributed by atoms with van der Waals surface area (Å²) in [4.78, 5) is 14.8. The summed E-state index contributed by atoms with van der Waals surface area (Å²) in [6.07, 6.45) is 3.56. The highest BCUT2D eigenvalue weighted by molar-refractivity contribution is 5.85. The first-order chi connectivity index (χ1) is 9.63. The van der Waals surface area contributed by atoms with Gasteiger partial charge in [-0.3, -0.25) is 0 Å². The molecule has 3 rings (SSSR count). The molecule has 1 N–H and O–H groups in total. The Morgan fingerprint density at radius 1 is 1.25 bits per heavy atom. The molecule has 0 radical (unpaired) electrons. The average Bonchev–Trinajstić information content (AvgIpc) is 2.81. The average molecular weight is 266 g/mol. The lowest BCUT2D eigenvalue weighted by atomic mass is 10.2. The van der Waals surface area contributed by atoms with Crippen molar-refractivity contribution in [3.8, 4) is 0 Å². The summed E-state index contributed by atoms with van der Waals surface area (Å²) < 4.78 is 2.11. The smallest absolute Gasteiger partial charge is 0.354 e. The first-order valence-corrected chi connectivity index (χ1v) is 6.37. The number of aromatic carboxylic acids is 1. The Balaban J connectivity index is 1.97. The standard InChI is InChI=1S/C16H14N2O2/c1-11-2-3-15-13(8-11)5-7-18(15)10-12-4-6-17-14(9-12)16(19)20/h2-9H,10H2,1H3,(H,19,20). The lowest BCUT2D eigenvalue weighted by Gasteiger charge is -2.06. The zero-order valence-electron chi connectivity index (χ0n) is 11.1. The first kappa shape index (κ1) is 12.4. The van der Waals surface area contributed by atoms with Crippen molar-refractivity contribution in [2.24, 2.45) is 0 Å². The lowest BCUT2D eigenvalue weighted by molar-refractivity contribution is 0.0690. The summed E-state index contributed by atoms with van der Waals surface area (Å²) in [6, 6.07) is 11.8. The highest BCUT2D eigenvalue weighted by Gasteiger charge is 2.06. The summed E-state index contributed by atoms with van der Waals surface area (Å²) >= 11 is 0. The Hall–Kier alpha value is -2.62. The van der Waals surface area contributed by atoms with Gasteiger partial charge in [0.1, 0.15) is 5.69 Å². The van der Waals surface area contributed by atoms with Crippen molar-refractivity contribution in [3.63, 3.8) is 0 Å². The Kier molecular flexibility index (Phi) is 2.99. The van der Waals surface area contributed by atoms with Crippen molar-refractivity contribution >= 4 is 16.9 Å². The van der Waals surface area contributed by atoms with Gasteiger partial charge in [-0.1, -0.05) is 11.6 Å². The summed E-state index contributed by atoms with van der Waals surface area (Å²) in [6.45, 7) is 2.70. The maximum Gasteiger partial charge on any atom is 0.354 e. The molecule has 0 fully saturated rings. The Bertz CT molecular complexity index is 790. The number of fused-ring (bicyclic) bond motifs is 1. The van der Waals surface area contributed by atoms with E-state index in [1.54, 1.807) is 6.07 Å². The van der Waals surface area contributed by atoms with Crippen LogP contribution in [0.15, 0.2) is 48.8 Å². The third-order valence-corrected chi connectivity index (χ3v) is 3.32. The predicted octanol–water partition coefficient (Wildman–Crippen LogP) is 3.09. The van der Waals surface area contributed by atoms with Gasteiger partial charge in [0.2, 0.25) is 0 Å². The van der Waals surface area contributed by atoms with Gasteiger partial charge in [0, 0.05) is 24.5 Å². The molecule has 0 amide bonds. The van der Waals surface area contributed by atoms with E-state index in [-0.39, 0.29) is 5.69 Å². The van der Waals surface area contributed by atoms with Crippen LogP contribution in [-0.2, 0) is 6.54 Å². The van der Waals surface area contributed by atoms with Gasteiger partial charge in [0.05, 0.1) is 0 Å². The van der Waals surface area contributed by atoms with Gasteiger partial charge in [-0.15, -0.1) is 0 Å². The van der Waals surface area contributed by atoms with Crippen molar-refractivity contribution in [2.75, 3.05) is 0 Å². The van der Waals surface area contributed by atoms with E-state index in [0.717, 1.165) is 11.1 Å². The van der Waals surface area contributed by atoms with E-state index in [9.17, 15) is 4.79 Å². The van der Waals surface area contributed by atoms with Crippen LogP contribution in [-0.4, -0.2) is 20.6 Å². The first-order valence-electron chi connectivity index (χ1n) is 6.37. The van der Waals surface area contributed by atoms with Crippen LogP contribution in [0.4, 0.5) is 0 Å². The number of nitrogens with zero attached hydrogens (tertiary/aromatic N) is 2. The number of carboxylic acid groups (broad SMARTS) is 1. The van der Waals surface area contributed by atoms with Crippen molar-refractivity contribution in [3.05, 3.63) is 65.6 Å². The topological polar surface area (TPSA) is 55.1 Å². The number of hydrogen-bond donors (Lipinski definition) is 1. The molecule has 100 valence electrons. The molecular formula is C16H14N2O2. The molecule has 3 aromatic rings. The fourth-order valence-electron chi connectivity index (χ4n) is 2.34. The second kappa shape index (κ2) is 4.81. The number of pyridine rings is 1. The number of rotatable bonds is 3. The van der Waals surface area contributed by atoms with Crippen LogP contribution in [0.1, 0.15) is 21.6 Å². The number of carbonyl (C=O) groups is 1. The monoisotopic (exact) mass is 266 g/mol. The Labute approximate surface area is 116 Å². The van der Waals surface area contributed by atoms with Gasteiger partial charge in [-0.25, -0.2) is 9.78 Å². The van der Waals surface area contributed by atoms with E-state index in [1.807, 2.05) is 12.3 Å². The van der Waals surface area contributed by atoms with Crippen LogP contribution < -0.4 is 0 Å². The van der Waals surface area contributed by atoms with Crippen LogP contribution in [0.3, 0.4) is 0 Å². The largest absolute Gasteiger partial charge is 0.477 e. The van der Waals surface area contributed by atoms with E-state index in [1.165, 1.54) is 17.1 Å². The molecule has 2 aromatic heterocycles. The molecule has 0 aliphatic carbocycles. The summed E-state index contributed by atoms with van der Waals surface area (Å²) in [5, 5.41) is 10.2. The minimum atomic E-state index is -1.00. The molecular weight excluding hydrogens is 252 g/mol. The number of carboxylic acids is 1. The van der Waals surface area contributed by atoms with Crippen LogP contribution in [0.2, 0.25) is 0 Å². The molecule has 4 heteroatoms. The number of benzene rings is 1. The molecule has 0 saturated carbocycles. The van der Waals surface area contributed by atoms with E-state index in [2.05, 4.69) is 40.7 Å². The highest BCUT2D eigenvalue weighted by atomic mass is 16.4. The summed E-state index contributed by atoms with van der Waals surface area (Å²) in [5.41, 5.74) is 3.38. The fraction of sp³-hybridized carbons (Fsp3) is 0.125. The van der Waals surface area contributed by atoms with E-state index < -0.39 is 5.97 Å². The molecule has 4 nitrogen and oxygen atoms in total. The van der Waals surface area contributed by atoms with Crippen molar-refractivity contribution in [1.82, 2.24) is 9.55 Å². The fourth-order valence-corrected chi connectivity index (χ4v) is 2.34. The van der Waals surface area contributed by atoms with Crippen molar-refractivity contribution < 1.29 is 9.90 Å². The minimum absolute atomic E-state index is 0.0785. The van der Waals surface area contributed by atoms with E-state index in [0.29, 0.717) is 6.54 Å². The van der Waals surface area contributed by atoms with Gasteiger partial charge < -0.3 is 9.67 Å². The molecule has 0 aliphatic rings. The molecule has 0 spiro atoms. The molecule has 0 aliphatic heterocycles. The molecule has 1 aromatic carbocycles.